The van der Waals surface area contributed by atoms with E-state index in [9.17, 15) is 18.6 Å². The molecule has 4 aromatic carbocycles. The average molecular weight is 606 g/mol. The summed E-state index contributed by atoms with van der Waals surface area (Å²) in [6.45, 7) is 0. The van der Waals surface area contributed by atoms with Gasteiger partial charge in [-0.1, -0.05) is 59.6 Å². The SMILES string of the molecule is O=S1(=O)NC(O)=CN1c1ccc(-n2cc(-c3ccc(Cl)cc3Cl)nc2Cc2ccc(-c3cccc(O)c3)cc2)cc1. The number of nitrogens with zero attached hydrogens (tertiary/aromatic N) is 3. The fourth-order valence-corrected chi connectivity index (χ4v) is 6.20. The Kier molecular flexibility index (Phi) is 6.86. The summed E-state index contributed by atoms with van der Waals surface area (Å²) in [4.78, 5) is 4.91. The molecule has 11 heteroatoms. The van der Waals surface area contributed by atoms with Crippen LogP contribution in [-0.2, 0) is 16.6 Å². The smallest absolute Gasteiger partial charge is 0.330 e. The van der Waals surface area contributed by atoms with E-state index in [1.54, 1.807) is 54.6 Å². The molecule has 2 heterocycles. The molecule has 8 nitrogen and oxygen atoms in total. The van der Waals surface area contributed by atoms with Crippen molar-refractivity contribution in [2.24, 2.45) is 0 Å². The van der Waals surface area contributed by atoms with Crippen molar-refractivity contribution < 1.29 is 18.6 Å². The van der Waals surface area contributed by atoms with Crippen LogP contribution < -0.4 is 9.03 Å². The van der Waals surface area contributed by atoms with Gasteiger partial charge in [-0.2, -0.15) is 8.42 Å². The van der Waals surface area contributed by atoms with E-state index in [2.05, 4.69) is 0 Å². The van der Waals surface area contributed by atoms with Crippen molar-refractivity contribution in [1.82, 2.24) is 14.3 Å². The van der Waals surface area contributed by atoms with E-state index in [0.717, 1.165) is 44.3 Å². The number of aliphatic hydroxyl groups excluding tert-OH is 1. The van der Waals surface area contributed by atoms with E-state index in [-0.39, 0.29) is 5.75 Å². The van der Waals surface area contributed by atoms with Crippen LogP contribution >= 0.6 is 23.2 Å². The summed E-state index contributed by atoms with van der Waals surface area (Å²) in [5.74, 6) is 0.488. The van der Waals surface area contributed by atoms with Crippen LogP contribution in [0.15, 0.2) is 109 Å². The molecule has 0 amide bonds. The third kappa shape index (κ3) is 5.47. The van der Waals surface area contributed by atoms with Crippen LogP contribution in [0, 0.1) is 0 Å². The van der Waals surface area contributed by atoms with Gasteiger partial charge in [-0.15, -0.1) is 0 Å². The quantitative estimate of drug-likeness (QED) is 0.197. The number of halogens is 2. The maximum atomic E-state index is 12.3. The molecule has 0 spiro atoms. The zero-order chi connectivity index (χ0) is 28.7. The minimum absolute atomic E-state index is 0.208. The highest BCUT2D eigenvalue weighted by Gasteiger charge is 2.28. The van der Waals surface area contributed by atoms with Crippen molar-refractivity contribution in [2.45, 2.75) is 6.42 Å². The Bertz CT molecular complexity index is 1900. The van der Waals surface area contributed by atoms with Gasteiger partial charge in [0, 0.05) is 28.9 Å². The summed E-state index contributed by atoms with van der Waals surface area (Å²) in [6.07, 6.45) is 3.48. The first-order valence-corrected chi connectivity index (χ1v) is 14.6. The molecule has 41 heavy (non-hydrogen) atoms. The molecule has 1 aliphatic rings. The number of hydrogen-bond acceptors (Lipinski definition) is 5. The molecule has 1 aromatic heterocycles. The second kappa shape index (κ2) is 10.5. The topological polar surface area (TPSA) is 108 Å². The monoisotopic (exact) mass is 604 g/mol. The van der Waals surface area contributed by atoms with Crippen molar-refractivity contribution in [3.05, 3.63) is 131 Å². The average Bonchev–Trinajstić information content (AvgIpc) is 3.47. The van der Waals surface area contributed by atoms with Gasteiger partial charge >= 0.3 is 10.2 Å². The molecule has 0 atom stereocenters. The van der Waals surface area contributed by atoms with Gasteiger partial charge in [0.1, 0.15) is 11.6 Å². The predicted octanol–water partition coefficient (Wildman–Crippen LogP) is 6.82. The number of aromatic nitrogens is 2. The lowest BCUT2D eigenvalue weighted by atomic mass is 10.0. The largest absolute Gasteiger partial charge is 0.508 e. The minimum atomic E-state index is -3.90. The molecular formula is C30H22Cl2N4O4S. The molecule has 1 aliphatic heterocycles. The number of rotatable bonds is 6. The zero-order valence-corrected chi connectivity index (χ0v) is 23.6. The third-order valence-corrected chi connectivity index (χ3v) is 8.45. The molecule has 206 valence electrons. The van der Waals surface area contributed by atoms with Crippen LogP contribution in [0.5, 0.6) is 5.75 Å². The first-order chi connectivity index (χ1) is 19.7. The number of aromatic hydroxyl groups is 1. The van der Waals surface area contributed by atoms with Crippen molar-refractivity contribution >= 4 is 39.1 Å². The Hall–Kier alpha value is -4.44. The Morgan fingerprint density at radius 2 is 1.56 bits per heavy atom. The van der Waals surface area contributed by atoms with Gasteiger partial charge in [0.2, 0.25) is 5.88 Å². The van der Waals surface area contributed by atoms with Crippen LogP contribution in [0.3, 0.4) is 0 Å². The predicted molar refractivity (Wildman–Crippen MR) is 161 cm³/mol. The van der Waals surface area contributed by atoms with E-state index in [1.165, 1.54) is 0 Å². The molecule has 5 aromatic rings. The maximum Gasteiger partial charge on any atom is 0.330 e. The van der Waals surface area contributed by atoms with E-state index in [0.29, 0.717) is 27.8 Å². The highest BCUT2D eigenvalue weighted by molar-refractivity contribution is 7.91. The Morgan fingerprint density at radius 3 is 2.22 bits per heavy atom. The summed E-state index contributed by atoms with van der Waals surface area (Å²) >= 11 is 12.6. The van der Waals surface area contributed by atoms with Crippen molar-refractivity contribution in [3.63, 3.8) is 0 Å². The van der Waals surface area contributed by atoms with Gasteiger partial charge in [-0.25, -0.2) is 14.0 Å². The number of aliphatic hydroxyl groups is 1. The maximum absolute atomic E-state index is 12.3. The fraction of sp³-hybridized carbons (Fsp3) is 0.0333. The van der Waals surface area contributed by atoms with Gasteiger partial charge in [-0.05, 0) is 71.3 Å². The molecule has 0 bridgehead atoms. The van der Waals surface area contributed by atoms with E-state index >= 15 is 0 Å². The standard InChI is InChI=1S/C30H22Cl2N4O4S/c31-22-8-13-26(27(32)16-22)28-17-35(23-9-11-24(12-10-23)36-18-30(38)34-41(36,39)40)29(33-28)14-19-4-6-20(7-5-19)21-2-1-3-25(37)15-21/h1-13,15-18,34,37-38H,14H2. The molecule has 0 saturated carbocycles. The minimum Gasteiger partial charge on any atom is -0.508 e. The normalized spacial score (nSPS) is 14.1. The van der Waals surface area contributed by atoms with Crippen LogP contribution in [0.4, 0.5) is 5.69 Å². The van der Waals surface area contributed by atoms with Crippen molar-refractivity contribution in [3.8, 4) is 33.8 Å². The number of phenols is 1. The van der Waals surface area contributed by atoms with E-state index in [4.69, 9.17) is 28.2 Å². The summed E-state index contributed by atoms with van der Waals surface area (Å²) in [5, 5.41) is 20.5. The number of benzene rings is 4. The van der Waals surface area contributed by atoms with Crippen LogP contribution in [0.1, 0.15) is 11.4 Å². The number of phenolic OH excluding ortho intramolecular Hbond substituents is 1. The van der Waals surface area contributed by atoms with E-state index in [1.807, 2.05) is 51.9 Å². The lowest BCUT2D eigenvalue weighted by Gasteiger charge is -2.15. The lowest BCUT2D eigenvalue weighted by Crippen LogP contribution is -2.29. The van der Waals surface area contributed by atoms with Crippen LogP contribution in [0.2, 0.25) is 10.0 Å². The molecule has 0 fully saturated rings. The number of anilines is 1. The summed E-state index contributed by atoms with van der Waals surface area (Å²) in [6, 6.07) is 27.2. The second-order valence-corrected chi connectivity index (χ2v) is 11.8. The molecule has 0 unspecified atom stereocenters. The summed E-state index contributed by atoms with van der Waals surface area (Å²) in [7, 11) is -3.90. The Labute approximate surface area is 246 Å². The first kappa shape index (κ1) is 26.8. The van der Waals surface area contributed by atoms with Crippen LogP contribution in [0.25, 0.3) is 28.1 Å². The van der Waals surface area contributed by atoms with Gasteiger partial charge < -0.3 is 14.8 Å². The highest BCUT2D eigenvalue weighted by Crippen LogP contribution is 2.32. The van der Waals surface area contributed by atoms with Crippen LogP contribution in [-0.4, -0.2) is 28.2 Å². The number of nitrogens with one attached hydrogen (secondary N) is 1. The zero-order valence-electron chi connectivity index (χ0n) is 21.2. The van der Waals surface area contributed by atoms with Crippen molar-refractivity contribution in [1.29, 1.82) is 0 Å². The molecule has 3 N–H and O–H groups in total. The Morgan fingerprint density at radius 1 is 0.829 bits per heavy atom. The molecule has 0 saturated heterocycles. The molecule has 0 aliphatic carbocycles. The summed E-state index contributed by atoms with van der Waals surface area (Å²) < 4.78 is 29.5. The second-order valence-electron chi connectivity index (χ2n) is 9.39. The van der Waals surface area contributed by atoms with Gasteiger partial charge in [0.05, 0.1) is 22.6 Å². The van der Waals surface area contributed by atoms with Gasteiger partial charge in [-0.3, -0.25) is 0 Å². The highest BCUT2D eigenvalue weighted by atomic mass is 35.5. The van der Waals surface area contributed by atoms with Gasteiger partial charge in [0.15, 0.2) is 0 Å². The molecule has 0 radical (unpaired) electrons. The van der Waals surface area contributed by atoms with Gasteiger partial charge in [0.25, 0.3) is 0 Å². The van der Waals surface area contributed by atoms with E-state index < -0.39 is 16.1 Å². The lowest BCUT2D eigenvalue weighted by molar-refractivity contribution is 0.392. The fourth-order valence-electron chi connectivity index (χ4n) is 4.64. The first-order valence-electron chi connectivity index (χ1n) is 12.4. The molecular weight excluding hydrogens is 583 g/mol. The number of hydrogen-bond donors (Lipinski definition) is 3. The number of imidazole rings is 1. The molecule has 6 rings (SSSR count). The summed E-state index contributed by atoms with van der Waals surface area (Å²) in [5.41, 5.74) is 5.39. The Balaban J connectivity index is 1.36. The third-order valence-electron chi connectivity index (χ3n) is 6.60. The van der Waals surface area contributed by atoms with Crippen molar-refractivity contribution in [2.75, 3.05) is 4.31 Å².